The van der Waals surface area contributed by atoms with E-state index in [4.69, 9.17) is 36.9 Å². The van der Waals surface area contributed by atoms with E-state index in [9.17, 15) is 9.59 Å². The molecule has 0 aliphatic carbocycles. The maximum absolute atomic E-state index is 12.7. The number of aryl methyl sites for hydroxylation is 1. The molecule has 0 bridgehead atoms. The molecule has 0 unspecified atom stereocenters. The van der Waals surface area contributed by atoms with Gasteiger partial charge in [0.2, 0.25) is 5.91 Å². The number of hydrogen-bond acceptors (Lipinski definition) is 7. The highest BCUT2D eigenvalue weighted by Gasteiger charge is 2.19. The minimum Gasteiger partial charge on any atom is -0.482 e. The number of carbonyl (C=O) groups excluding carboxylic acids is 1. The number of benzene rings is 2. The van der Waals surface area contributed by atoms with Gasteiger partial charge in [-0.25, -0.2) is 14.8 Å². The SMILES string of the molecule is COCCc1nc2c(N)nc3ccccc3c2n1CCCN(Cc1ccccc1OCC(=O)O)C(=O)CCl.Cl. The fourth-order valence-electron chi connectivity index (χ4n) is 4.45. The molecule has 4 aromatic rings. The number of methoxy groups -OCH3 is 1. The van der Waals surface area contributed by atoms with E-state index in [0.29, 0.717) is 55.2 Å². The van der Waals surface area contributed by atoms with Gasteiger partial charge in [0.1, 0.15) is 23.0 Å². The smallest absolute Gasteiger partial charge is 0.341 e. The Balaban J connectivity index is 0.00000420. The van der Waals surface area contributed by atoms with Gasteiger partial charge in [0, 0.05) is 44.1 Å². The number of alkyl halides is 1. The predicted molar refractivity (Wildman–Crippen MR) is 153 cm³/mol. The number of rotatable bonds is 13. The average Bonchev–Trinajstić information content (AvgIpc) is 3.29. The number of aliphatic carboxylic acids is 1. The summed E-state index contributed by atoms with van der Waals surface area (Å²) in [5.74, 6) is 0.141. The van der Waals surface area contributed by atoms with Crippen LogP contribution in [0.1, 0.15) is 17.8 Å². The fraction of sp³-hybridized carbons (Fsp3) is 0.333. The maximum atomic E-state index is 12.7. The van der Waals surface area contributed by atoms with Crippen LogP contribution < -0.4 is 10.5 Å². The van der Waals surface area contributed by atoms with Gasteiger partial charge in [0.15, 0.2) is 12.4 Å². The van der Waals surface area contributed by atoms with E-state index in [0.717, 1.165) is 22.2 Å². The number of nitrogen functional groups attached to an aromatic ring is 1. The van der Waals surface area contributed by atoms with Crippen molar-refractivity contribution in [3.8, 4) is 5.75 Å². The number of carboxylic acid groups (broad SMARTS) is 1. The summed E-state index contributed by atoms with van der Waals surface area (Å²) in [7, 11) is 1.64. The van der Waals surface area contributed by atoms with Crippen LogP contribution in [0.15, 0.2) is 48.5 Å². The number of nitrogens with two attached hydrogens (primary N) is 1. The Labute approximate surface area is 237 Å². The third kappa shape index (κ3) is 7.08. The minimum absolute atomic E-state index is 0. The fourth-order valence-corrected chi connectivity index (χ4v) is 4.62. The zero-order chi connectivity index (χ0) is 27.1. The van der Waals surface area contributed by atoms with Crippen LogP contribution in [-0.4, -0.2) is 69.2 Å². The number of amides is 1. The number of para-hydroxylation sites is 2. The summed E-state index contributed by atoms with van der Waals surface area (Å²) < 4.78 is 12.8. The molecule has 0 aliphatic rings. The third-order valence-electron chi connectivity index (χ3n) is 6.18. The predicted octanol–water partition coefficient (Wildman–Crippen LogP) is 3.90. The minimum atomic E-state index is -1.08. The molecule has 1 amide bonds. The molecule has 0 aliphatic heterocycles. The standard InChI is InChI=1S/C27H30ClN5O5.ClH/c1-37-14-11-22-31-25-26(19-8-3-4-9-20(19)30-27(25)29)33(22)13-6-12-32(23(34)15-28)16-18-7-2-5-10-21(18)38-17-24(35)36;/h2-5,7-10H,6,11-17H2,1H3,(H2,29,30)(H,35,36);1H. The number of carboxylic acids is 1. The summed E-state index contributed by atoms with van der Waals surface area (Å²) in [5.41, 5.74) is 9.31. The van der Waals surface area contributed by atoms with Crippen molar-refractivity contribution in [3.05, 3.63) is 59.9 Å². The van der Waals surface area contributed by atoms with Crippen LogP contribution in [0.25, 0.3) is 21.9 Å². The van der Waals surface area contributed by atoms with Gasteiger partial charge in [0.25, 0.3) is 0 Å². The number of carbonyl (C=O) groups is 2. The quantitative estimate of drug-likeness (QED) is 0.229. The van der Waals surface area contributed by atoms with Crippen LogP contribution in [0.5, 0.6) is 5.75 Å². The summed E-state index contributed by atoms with van der Waals surface area (Å²) >= 11 is 5.93. The molecule has 208 valence electrons. The van der Waals surface area contributed by atoms with Crippen molar-refractivity contribution < 1.29 is 24.2 Å². The lowest BCUT2D eigenvalue weighted by atomic mass is 10.1. The second kappa shape index (κ2) is 14.0. The third-order valence-corrected chi connectivity index (χ3v) is 6.41. The number of halogens is 2. The monoisotopic (exact) mass is 575 g/mol. The van der Waals surface area contributed by atoms with Gasteiger partial charge in [0.05, 0.1) is 17.6 Å². The first-order valence-corrected chi connectivity index (χ1v) is 12.7. The molecular formula is C27H31Cl2N5O5. The number of aromatic nitrogens is 3. The number of anilines is 1. The van der Waals surface area contributed by atoms with Crippen molar-refractivity contribution in [2.24, 2.45) is 0 Å². The molecule has 2 aromatic heterocycles. The van der Waals surface area contributed by atoms with Gasteiger partial charge in [-0.15, -0.1) is 24.0 Å². The average molecular weight is 576 g/mol. The summed E-state index contributed by atoms with van der Waals surface area (Å²) in [6, 6.07) is 14.9. The van der Waals surface area contributed by atoms with Crippen LogP contribution in [-0.2, 0) is 33.8 Å². The van der Waals surface area contributed by atoms with Crippen LogP contribution in [0.4, 0.5) is 5.82 Å². The van der Waals surface area contributed by atoms with Gasteiger partial charge < -0.3 is 29.8 Å². The van der Waals surface area contributed by atoms with E-state index in [2.05, 4.69) is 9.55 Å². The molecule has 0 spiro atoms. The molecule has 3 N–H and O–H groups in total. The van der Waals surface area contributed by atoms with Crippen molar-refractivity contribution in [1.82, 2.24) is 19.4 Å². The van der Waals surface area contributed by atoms with Crippen LogP contribution in [0, 0.1) is 0 Å². The summed E-state index contributed by atoms with van der Waals surface area (Å²) in [6.45, 7) is 1.26. The molecule has 4 rings (SSSR count). The van der Waals surface area contributed by atoms with Crippen molar-refractivity contribution in [3.63, 3.8) is 0 Å². The first-order valence-electron chi connectivity index (χ1n) is 12.2. The van der Waals surface area contributed by atoms with Crippen molar-refractivity contribution >= 4 is 63.6 Å². The Morgan fingerprint density at radius 3 is 2.62 bits per heavy atom. The lowest BCUT2D eigenvalue weighted by Gasteiger charge is -2.23. The van der Waals surface area contributed by atoms with Crippen molar-refractivity contribution in [2.45, 2.75) is 25.9 Å². The zero-order valence-electron chi connectivity index (χ0n) is 21.5. The molecule has 0 saturated heterocycles. The Bertz CT molecular complexity index is 1450. The lowest BCUT2D eigenvalue weighted by molar-refractivity contribution is -0.139. The van der Waals surface area contributed by atoms with E-state index < -0.39 is 12.6 Å². The van der Waals surface area contributed by atoms with E-state index in [1.807, 2.05) is 30.3 Å². The highest BCUT2D eigenvalue weighted by atomic mass is 35.5. The Hall–Kier alpha value is -3.60. The molecule has 12 heteroatoms. The van der Waals surface area contributed by atoms with E-state index in [-0.39, 0.29) is 30.7 Å². The van der Waals surface area contributed by atoms with Crippen LogP contribution >= 0.6 is 24.0 Å². The Morgan fingerprint density at radius 2 is 1.87 bits per heavy atom. The largest absolute Gasteiger partial charge is 0.482 e. The molecule has 0 atom stereocenters. The highest BCUT2D eigenvalue weighted by Crippen LogP contribution is 2.29. The summed E-state index contributed by atoms with van der Waals surface area (Å²) in [4.78, 5) is 34.7. The van der Waals surface area contributed by atoms with E-state index >= 15 is 0 Å². The van der Waals surface area contributed by atoms with Gasteiger partial charge in [-0.2, -0.15) is 0 Å². The van der Waals surface area contributed by atoms with Gasteiger partial charge >= 0.3 is 5.97 Å². The summed E-state index contributed by atoms with van der Waals surface area (Å²) in [5, 5.41) is 9.93. The molecule has 39 heavy (non-hydrogen) atoms. The number of nitrogens with zero attached hydrogens (tertiary/aromatic N) is 4. The number of ether oxygens (including phenoxy) is 2. The molecule has 2 aromatic carbocycles. The molecule has 2 heterocycles. The number of imidazole rings is 1. The topological polar surface area (TPSA) is 133 Å². The molecule has 0 fully saturated rings. The van der Waals surface area contributed by atoms with Gasteiger partial charge in [-0.3, -0.25) is 4.79 Å². The van der Waals surface area contributed by atoms with Crippen molar-refractivity contribution in [2.75, 3.05) is 38.5 Å². The summed E-state index contributed by atoms with van der Waals surface area (Å²) in [6.07, 6.45) is 1.21. The zero-order valence-corrected chi connectivity index (χ0v) is 23.1. The maximum Gasteiger partial charge on any atom is 0.341 e. The number of pyridine rings is 1. The molecule has 0 saturated carbocycles. The van der Waals surface area contributed by atoms with Crippen LogP contribution in [0.3, 0.4) is 0 Å². The van der Waals surface area contributed by atoms with E-state index in [1.54, 1.807) is 30.2 Å². The second-order valence-corrected chi connectivity index (χ2v) is 8.99. The molecule has 0 radical (unpaired) electrons. The molecule has 10 nitrogen and oxygen atoms in total. The van der Waals surface area contributed by atoms with Gasteiger partial charge in [-0.1, -0.05) is 36.4 Å². The first-order chi connectivity index (χ1) is 18.4. The van der Waals surface area contributed by atoms with Crippen LogP contribution in [0.2, 0.25) is 0 Å². The normalized spacial score (nSPS) is 10.9. The van der Waals surface area contributed by atoms with Gasteiger partial charge in [-0.05, 0) is 18.6 Å². The highest BCUT2D eigenvalue weighted by molar-refractivity contribution is 6.27. The number of hydrogen-bond donors (Lipinski definition) is 2. The second-order valence-electron chi connectivity index (χ2n) is 8.73. The van der Waals surface area contributed by atoms with Crippen molar-refractivity contribution in [1.29, 1.82) is 0 Å². The van der Waals surface area contributed by atoms with E-state index in [1.165, 1.54) is 0 Å². The Morgan fingerprint density at radius 1 is 1.13 bits per heavy atom. The molecular weight excluding hydrogens is 545 g/mol. The number of fused-ring (bicyclic) bond motifs is 3. The first kappa shape index (κ1) is 29.9. The Kier molecular flexibility index (Phi) is 10.7. The lowest BCUT2D eigenvalue weighted by Crippen LogP contribution is -2.33.